The molecule has 2 atom stereocenters. The molecule has 3 rings (SSSR count). The van der Waals surface area contributed by atoms with E-state index in [2.05, 4.69) is 59.5 Å². The summed E-state index contributed by atoms with van der Waals surface area (Å²) in [4.78, 5) is 2.53. The Hall–Kier alpha value is -1.64. The van der Waals surface area contributed by atoms with Crippen LogP contribution in [0.1, 0.15) is 36.1 Å². The Morgan fingerprint density at radius 1 is 1.00 bits per heavy atom. The van der Waals surface area contributed by atoms with Crippen LogP contribution in [0.4, 0.5) is 0 Å². The zero-order valence-corrected chi connectivity index (χ0v) is 11.8. The minimum absolute atomic E-state index is 0.0977. The summed E-state index contributed by atoms with van der Waals surface area (Å²) in [6.45, 7) is 2.09. The molecule has 2 heteroatoms. The normalized spacial score (nSPS) is 20.9. The molecule has 0 aliphatic carbocycles. The Morgan fingerprint density at radius 3 is 2.35 bits per heavy atom. The highest BCUT2D eigenvalue weighted by molar-refractivity contribution is 5.22. The molecular weight excluding hydrogens is 244 g/mol. The fraction of sp³-hybridized carbons (Fsp3) is 0.333. The zero-order chi connectivity index (χ0) is 13.8. The molecule has 104 valence electrons. The maximum atomic E-state index is 6.37. The highest BCUT2D eigenvalue weighted by Crippen LogP contribution is 2.32. The zero-order valence-electron chi connectivity index (χ0n) is 11.8. The molecule has 2 aromatic rings. The standard InChI is InChI=1S/C18H22N2/c19-17(15-8-3-1-4-9-15)14-20-13-7-12-18(20)16-10-5-2-6-11-16/h1-6,8-11,17-18H,7,12-14,19H2/t17-,18-/m0/s1. The third kappa shape index (κ3) is 2.92. The first-order valence-electron chi connectivity index (χ1n) is 7.44. The van der Waals surface area contributed by atoms with Gasteiger partial charge >= 0.3 is 0 Å². The van der Waals surface area contributed by atoms with Crippen LogP contribution >= 0.6 is 0 Å². The Balaban J connectivity index is 1.70. The van der Waals surface area contributed by atoms with Crippen molar-refractivity contribution < 1.29 is 0 Å². The summed E-state index contributed by atoms with van der Waals surface area (Å²) in [6.07, 6.45) is 2.51. The molecule has 1 saturated heterocycles. The van der Waals surface area contributed by atoms with E-state index in [1.54, 1.807) is 0 Å². The number of nitrogens with two attached hydrogens (primary N) is 1. The Bertz CT molecular complexity index is 524. The van der Waals surface area contributed by atoms with E-state index in [1.807, 2.05) is 6.07 Å². The summed E-state index contributed by atoms with van der Waals surface area (Å²) in [5.41, 5.74) is 9.02. The van der Waals surface area contributed by atoms with Crippen molar-refractivity contribution in [3.63, 3.8) is 0 Å². The summed E-state index contributed by atoms with van der Waals surface area (Å²) in [7, 11) is 0. The number of hydrogen-bond donors (Lipinski definition) is 1. The van der Waals surface area contributed by atoms with Crippen LogP contribution in [-0.2, 0) is 0 Å². The van der Waals surface area contributed by atoms with Gasteiger partial charge in [0, 0.05) is 18.6 Å². The van der Waals surface area contributed by atoms with Crippen molar-refractivity contribution in [2.24, 2.45) is 5.73 Å². The van der Waals surface area contributed by atoms with Crippen molar-refractivity contribution in [3.05, 3.63) is 71.8 Å². The van der Waals surface area contributed by atoms with E-state index < -0.39 is 0 Å². The summed E-state index contributed by atoms with van der Waals surface area (Å²) >= 11 is 0. The topological polar surface area (TPSA) is 29.3 Å². The molecule has 2 N–H and O–H groups in total. The van der Waals surface area contributed by atoms with Crippen LogP contribution in [0.2, 0.25) is 0 Å². The van der Waals surface area contributed by atoms with Crippen LogP contribution < -0.4 is 5.73 Å². The largest absolute Gasteiger partial charge is 0.323 e. The van der Waals surface area contributed by atoms with Crippen molar-refractivity contribution in [2.75, 3.05) is 13.1 Å². The Morgan fingerprint density at radius 2 is 1.65 bits per heavy atom. The average molecular weight is 266 g/mol. The second-order valence-corrected chi connectivity index (χ2v) is 5.58. The predicted octanol–water partition coefficient (Wildman–Crippen LogP) is 3.52. The minimum Gasteiger partial charge on any atom is -0.323 e. The van der Waals surface area contributed by atoms with Crippen molar-refractivity contribution >= 4 is 0 Å². The fourth-order valence-corrected chi connectivity index (χ4v) is 3.16. The molecule has 0 unspecified atom stereocenters. The minimum atomic E-state index is 0.0977. The molecular formula is C18H22N2. The summed E-state index contributed by atoms with van der Waals surface area (Å²) in [5.74, 6) is 0. The molecule has 20 heavy (non-hydrogen) atoms. The average Bonchev–Trinajstić information content (AvgIpc) is 2.97. The van der Waals surface area contributed by atoms with Gasteiger partial charge in [0.05, 0.1) is 0 Å². The molecule has 0 aromatic heterocycles. The highest BCUT2D eigenvalue weighted by atomic mass is 15.2. The Kier molecular flexibility index (Phi) is 4.14. The van der Waals surface area contributed by atoms with Crippen LogP contribution in [0.3, 0.4) is 0 Å². The van der Waals surface area contributed by atoms with E-state index in [4.69, 9.17) is 5.73 Å². The number of likely N-dealkylation sites (tertiary alicyclic amines) is 1. The van der Waals surface area contributed by atoms with E-state index >= 15 is 0 Å². The summed E-state index contributed by atoms with van der Waals surface area (Å²) < 4.78 is 0. The lowest BCUT2D eigenvalue weighted by Gasteiger charge is -2.27. The smallest absolute Gasteiger partial charge is 0.0424 e. The van der Waals surface area contributed by atoms with Crippen molar-refractivity contribution in [3.8, 4) is 0 Å². The van der Waals surface area contributed by atoms with Gasteiger partial charge in [-0.2, -0.15) is 0 Å². The molecule has 1 heterocycles. The van der Waals surface area contributed by atoms with Crippen LogP contribution in [-0.4, -0.2) is 18.0 Å². The van der Waals surface area contributed by atoms with Gasteiger partial charge in [-0.05, 0) is 30.5 Å². The maximum Gasteiger partial charge on any atom is 0.0424 e. The molecule has 2 aromatic carbocycles. The van der Waals surface area contributed by atoms with Crippen molar-refractivity contribution in [2.45, 2.75) is 24.9 Å². The first-order valence-corrected chi connectivity index (χ1v) is 7.44. The first-order chi connectivity index (χ1) is 9.84. The summed E-state index contributed by atoms with van der Waals surface area (Å²) in [6, 6.07) is 21.8. The van der Waals surface area contributed by atoms with E-state index in [0.717, 1.165) is 13.1 Å². The molecule has 1 aliphatic rings. The molecule has 2 nitrogen and oxygen atoms in total. The number of rotatable bonds is 4. The fourth-order valence-electron chi connectivity index (χ4n) is 3.16. The lowest BCUT2D eigenvalue weighted by atomic mass is 10.0. The van der Waals surface area contributed by atoms with E-state index in [0.29, 0.717) is 6.04 Å². The third-order valence-corrected chi connectivity index (χ3v) is 4.21. The SMILES string of the molecule is N[C@@H](CN1CCC[C@H]1c1ccccc1)c1ccccc1. The lowest BCUT2D eigenvalue weighted by molar-refractivity contribution is 0.241. The molecule has 0 saturated carbocycles. The van der Waals surface area contributed by atoms with Gasteiger partial charge in [-0.1, -0.05) is 60.7 Å². The van der Waals surface area contributed by atoms with Gasteiger partial charge in [-0.3, -0.25) is 4.90 Å². The van der Waals surface area contributed by atoms with Crippen LogP contribution in [0.25, 0.3) is 0 Å². The molecule has 0 radical (unpaired) electrons. The van der Waals surface area contributed by atoms with Gasteiger partial charge in [0.1, 0.15) is 0 Å². The summed E-state index contributed by atoms with van der Waals surface area (Å²) in [5, 5.41) is 0. The van der Waals surface area contributed by atoms with Gasteiger partial charge in [0.15, 0.2) is 0 Å². The highest BCUT2D eigenvalue weighted by Gasteiger charge is 2.27. The second-order valence-electron chi connectivity index (χ2n) is 5.58. The second kappa shape index (κ2) is 6.21. The maximum absolute atomic E-state index is 6.37. The van der Waals surface area contributed by atoms with E-state index in [9.17, 15) is 0 Å². The molecule has 0 spiro atoms. The van der Waals surface area contributed by atoms with Crippen LogP contribution in [0, 0.1) is 0 Å². The van der Waals surface area contributed by atoms with Crippen LogP contribution in [0.15, 0.2) is 60.7 Å². The molecule has 0 amide bonds. The van der Waals surface area contributed by atoms with Gasteiger partial charge in [-0.25, -0.2) is 0 Å². The Labute approximate surface area is 121 Å². The van der Waals surface area contributed by atoms with Gasteiger partial charge < -0.3 is 5.73 Å². The van der Waals surface area contributed by atoms with Gasteiger partial charge in [0.25, 0.3) is 0 Å². The van der Waals surface area contributed by atoms with Crippen molar-refractivity contribution in [1.82, 2.24) is 4.90 Å². The number of hydrogen-bond acceptors (Lipinski definition) is 2. The van der Waals surface area contributed by atoms with Crippen LogP contribution in [0.5, 0.6) is 0 Å². The van der Waals surface area contributed by atoms with Crippen molar-refractivity contribution in [1.29, 1.82) is 0 Å². The quantitative estimate of drug-likeness (QED) is 0.917. The third-order valence-electron chi connectivity index (χ3n) is 4.21. The van der Waals surface area contributed by atoms with Gasteiger partial charge in [-0.15, -0.1) is 0 Å². The monoisotopic (exact) mass is 266 g/mol. The molecule has 1 aliphatic heterocycles. The predicted molar refractivity (Wildman–Crippen MR) is 83.4 cm³/mol. The molecule has 0 bridgehead atoms. The lowest BCUT2D eigenvalue weighted by Crippen LogP contribution is -2.31. The van der Waals surface area contributed by atoms with E-state index in [1.165, 1.54) is 24.0 Å². The molecule has 1 fully saturated rings. The number of benzene rings is 2. The van der Waals surface area contributed by atoms with Gasteiger partial charge in [0.2, 0.25) is 0 Å². The first kappa shape index (κ1) is 13.3. The number of nitrogens with zero attached hydrogens (tertiary/aromatic N) is 1. The van der Waals surface area contributed by atoms with E-state index in [-0.39, 0.29) is 6.04 Å².